The van der Waals surface area contributed by atoms with Crippen LogP contribution < -0.4 is 74.0 Å². The fraction of sp³-hybridized carbons (Fsp3) is 0.250. The summed E-state index contributed by atoms with van der Waals surface area (Å²) in [5, 5.41) is 9.40. The number of carboxylic acid groups (broad SMARTS) is 1. The summed E-state index contributed by atoms with van der Waals surface area (Å²) in [4.78, 5) is 9.40. The molecule has 0 fully saturated rings. The normalized spacial score (nSPS) is 8.14. The number of hydrogen-bond acceptors (Lipinski definition) is 2. The summed E-state index contributed by atoms with van der Waals surface area (Å²) in [5.41, 5.74) is 0. The van der Waals surface area contributed by atoms with Gasteiger partial charge >= 0.3 is 68.9 Å². The third-order valence-electron chi connectivity index (χ3n) is 0.303. The zero-order valence-corrected chi connectivity index (χ0v) is 10.8. The van der Waals surface area contributed by atoms with Crippen molar-refractivity contribution in [2.45, 2.75) is 6.92 Å². The molecule has 0 radical (unpaired) electrons. The van der Waals surface area contributed by atoms with E-state index >= 15 is 0 Å². The Morgan fingerprint density at radius 2 is 2.14 bits per heavy atom. The predicted octanol–water partition coefficient (Wildman–Crippen LogP) is -3.68. The second-order valence-electron chi connectivity index (χ2n) is 0.819. The van der Waals surface area contributed by atoms with Crippen LogP contribution in [0, 0.1) is 0 Å². The zero-order chi connectivity index (χ0) is 4.99. The van der Waals surface area contributed by atoms with Crippen LogP contribution in [0.3, 0.4) is 0 Å². The molecule has 0 rings (SSSR count). The van der Waals surface area contributed by atoms with E-state index in [4.69, 9.17) is 0 Å². The molecule has 0 aliphatic rings. The molecule has 0 bridgehead atoms. The van der Waals surface area contributed by atoms with E-state index in [1.54, 1.807) is 6.92 Å². The minimum absolute atomic E-state index is 0. The monoisotopic (exact) mass is 218 g/mol. The SMILES string of the molecule is CC=CC(=O)[O-].[Cs+]. The quantitative estimate of drug-likeness (QED) is 0.425. The fourth-order valence-electron chi connectivity index (χ4n) is 0.136. The van der Waals surface area contributed by atoms with E-state index < -0.39 is 5.97 Å². The molecule has 3 heteroatoms. The molecule has 34 valence electrons. The molecule has 0 amide bonds. The van der Waals surface area contributed by atoms with E-state index in [0.717, 1.165) is 6.08 Å². The van der Waals surface area contributed by atoms with Crippen LogP contribution in [0.1, 0.15) is 6.92 Å². The Labute approximate surface area is 101 Å². The molecule has 0 aromatic carbocycles. The molecule has 0 aliphatic heterocycles. The van der Waals surface area contributed by atoms with Crippen molar-refractivity contribution in [3.8, 4) is 0 Å². The summed E-state index contributed by atoms with van der Waals surface area (Å²) in [5.74, 6) is -1.14. The predicted molar refractivity (Wildman–Crippen MR) is 19.8 cm³/mol. The third-order valence-corrected chi connectivity index (χ3v) is 0.303. The van der Waals surface area contributed by atoms with Crippen molar-refractivity contribution in [3.05, 3.63) is 12.2 Å². The zero-order valence-electron chi connectivity index (χ0n) is 4.47. The van der Waals surface area contributed by atoms with Gasteiger partial charge in [-0.3, -0.25) is 0 Å². The first-order valence-corrected chi connectivity index (χ1v) is 1.61. The molecule has 0 saturated carbocycles. The van der Waals surface area contributed by atoms with E-state index in [0.29, 0.717) is 0 Å². The van der Waals surface area contributed by atoms with Gasteiger partial charge in [0.15, 0.2) is 0 Å². The topological polar surface area (TPSA) is 40.1 Å². The number of aliphatic carboxylic acids is 1. The van der Waals surface area contributed by atoms with E-state index in [1.165, 1.54) is 6.08 Å². The van der Waals surface area contributed by atoms with E-state index in [9.17, 15) is 9.90 Å². The summed E-state index contributed by atoms with van der Waals surface area (Å²) < 4.78 is 0. The van der Waals surface area contributed by atoms with Crippen molar-refractivity contribution in [3.63, 3.8) is 0 Å². The number of carbonyl (C=O) groups excluding carboxylic acids is 1. The molecule has 2 nitrogen and oxygen atoms in total. The van der Waals surface area contributed by atoms with Crippen molar-refractivity contribution in [1.82, 2.24) is 0 Å². The van der Waals surface area contributed by atoms with Crippen LogP contribution in [-0.4, -0.2) is 5.97 Å². The van der Waals surface area contributed by atoms with Crippen molar-refractivity contribution < 1.29 is 78.8 Å². The summed E-state index contributed by atoms with van der Waals surface area (Å²) in [6.45, 7) is 1.62. The number of carbonyl (C=O) groups is 1. The number of carboxylic acids is 1. The Kier molecular flexibility index (Phi) is 11.5. The molecule has 0 atom stereocenters. The molecule has 0 unspecified atom stereocenters. The Bertz CT molecular complexity index is 77.8. The maximum absolute atomic E-state index is 9.40. The maximum Gasteiger partial charge on any atom is 1.00 e. The van der Waals surface area contributed by atoms with Crippen LogP contribution in [0.15, 0.2) is 12.2 Å². The molecule has 0 aromatic rings. The molecule has 0 N–H and O–H groups in total. The van der Waals surface area contributed by atoms with Gasteiger partial charge in [-0.05, 0) is 13.0 Å². The molecule has 0 heterocycles. The van der Waals surface area contributed by atoms with Gasteiger partial charge in [0.05, 0.1) is 5.97 Å². The van der Waals surface area contributed by atoms with Gasteiger partial charge in [0.1, 0.15) is 0 Å². The molecular weight excluding hydrogens is 213 g/mol. The van der Waals surface area contributed by atoms with Crippen LogP contribution in [-0.2, 0) is 4.79 Å². The molecule has 7 heavy (non-hydrogen) atoms. The van der Waals surface area contributed by atoms with Crippen molar-refractivity contribution in [2.75, 3.05) is 0 Å². The summed E-state index contributed by atoms with van der Waals surface area (Å²) in [6.07, 6.45) is 2.38. The summed E-state index contributed by atoms with van der Waals surface area (Å²) >= 11 is 0. The molecule has 0 spiro atoms. The van der Waals surface area contributed by atoms with Gasteiger partial charge < -0.3 is 9.90 Å². The van der Waals surface area contributed by atoms with Gasteiger partial charge in [0.2, 0.25) is 0 Å². The Balaban J connectivity index is 0. The summed E-state index contributed by atoms with van der Waals surface area (Å²) in [7, 11) is 0. The first kappa shape index (κ1) is 11.1. The number of hydrogen-bond donors (Lipinski definition) is 0. The Hall–Kier alpha value is 1.26. The second kappa shape index (κ2) is 7.26. The largest absolute Gasteiger partial charge is 1.00 e. The second-order valence-corrected chi connectivity index (χ2v) is 0.819. The maximum atomic E-state index is 9.40. The smallest absolute Gasteiger partial charge is 0.545 e. The number of allylic oxidation sites excluding steroid dienone is 1. The molecule has 0 saturated heterocycles. The average molecular weight is 218 g/mol. The fourth-order valence-corrected chi connectivity index (χ4v) is 0.136. The van der Waals surface area contributed by atoms with Crippen LogP contribution in [0.5, 0.6) is 0 Å². The van der Waals surface area contributed by atoms with Crippen molar-refractivity contribution >= 4 is 5.97 Å². The molecular formula is C4H5CsO2. The average Bonchev–Trinajstić information content (AvgIpc) is 1.35. The Morgan fingerprint density at radius 1 is 1.71 bits per heavy atom. The molecule has 0 aromatic heterocycles. The Morgan fingerprint density at radius 3 is 2.14 bits per heavy atom. The van der Waals surface area contributed by atoms with E-state index in [2.05, 4.69) is 0 Å². The van der Waals surface area contributed by atoms with Crippen LogP contribution in [0.2, 0.25) is 0 Å². The van der Waals surface area contributed by atoms with E-state index in [-0.39, 0.29) is 68.9 Å². The first-order valence-electron chi connectivity index (χ1n) is 1.61. The first-order chi connectivity index (χ1) is 2.77. The minimum Gasteiger partial charge on any atom is -0.545 e. The van der Waals surface area contributed by atoms with Gasteiger partial charge in [0.25, 0.3) is 0 Å². The van der Waals surface area contributed by atoms with Crippen LogP contribution in [0.25, 0.3) is 0 Å². The molecule has 0 aliphatic carbocycles. The van der Waals surface area contributed by atoms with E-state index in [1.807, 2.05) is 0 Å². The minimum atomic E-state index is -1.14. The number of rotatable bonds is 1. The van der Waals surface area contributed by atoms with Gasteiger partial charge in [-0.1, -0.05) is 6.08 Å². The standard InChI is InChI=1S/C4H6O2.Cs/c1-2-3-4(5)6;/h2-3H,1H3,(H,5,6);/q;+1/p-1. The van der Waals surface area contributed by atoms with Gasteiger partial charge in [0, 0.05) is 0 Å². The van der Waals surface area contributed by atoms with Gasteiger partial charge in [-0.2, -0.15) is 0 Å². The summed E-state index contributed by atoms with van der Waals surface area (Å²) in [6, 6.07) is 0. The third kappa shape index (κ3) is 11.1. The van der Waals surface area contributed by atoms with Crippen LogP contribution in [0.4, 0.5) is 0 Å². The van der Waals surface area contributed by atoms with Crippen molar-refractivity contribution in [2.24, 2.45) is 0 Å². The van der Waals surface area contributed by atoms with Gasteiger partial charge in [-0.25, -0.2) is 0 Å². The van der Waals surface area contributed by atoms with Crippen molar-refractivity contribution in [1.29, 1.82) is 0 Å². The van der Waals surface area contributed by atoms with Crippen LogP contribution >= 0.6 is 0 Å². The van der Waals surface area contributed by atoms with Gasteiger partial charge in [-0.15, -0.1) is 0 Å².